The molecule has 0 bridgehead atoms. The fraction of sp³-hybridized carbons (Fsp3) is 0.500. The summed E-state index contributed by atoms with van der Waals surface area (Å²) in [6.45, 7) is 3.10. The Hall–Kier alpha value is -1.18. The number of thiophene rings is 1. The third-order valence-electron chi connectivity index (χ3n) is 2.18. The van der Waals surface area contributed by atoms with Crippen molar-refractivity contribution in [2.75, 3.05) is 0 Å². The van der Waals surface area contributed by atoms with Gasteiger partial charge >= 0.3 is 18.0 Å². The van der Waals surface area contributed by atoms with Crippen molar-refractivity contribution in [1.82, 2.24) is 5.32 Å². The van der Waals surface area contributed by atoms with Gasteiger partial charge in [-0.05, 0) is 26.0 Å². The molecule has 0 aliphatic heterocycles. The zero-order chi connectivity index (χ0) is 14.1. The van der Waals surface area contributed by atoms with Crippen LogP contribution in [0.5, 0.6) is 0 Å². The van der Waals surface area contributed by atoms with Crippen LogP contribution in [0, 0.1) is 6.92 Å². The number of aryl methyl sites for hydroxylation is 1. The van der Waals surface area contributed by atoms with Crippen LogP contribution in [0.25, 0.3) is 0 Å². The summed E-state index contributed by atoms with van der Waals surface area (Å²) in [5.41, 5.74) is 0. The summed E-state index contributed by atoms with van der Waals surface area (Å²) in [5, 5.41) is 1.66. The average Bonchev–Trinajstić information content (AvgIpc) is 2.62. The van der Waals surface area contributed by atoms with Crippen LogP contribution in [0.1, 0.15) is 22.7 Å². The van der Waals surface area contributed by atoms with Gasteiger partial charge in [0.1, 0.15) is 0 Å². The molecule has 0 saturated carbocycles. The predicted octanol–water partition coefficient (Wildman–Crippen LogP) is 3.43. The number of carbonyl (C=O) groups is 1. The second-order valence-corrected chi connectivity index (χ2v) is 5.04. The van der Waals surface area contributed by atoms with Crippen LogP contribution in [0.3, 0.4) is 0 Å². The molecule has 1 aromatic heterocycles. The third kappa shape index (κ3) is 2.98. The van der Waals surface area contributed by atoms with E-state index < -0.39 is 24.0 Å². The zero-order valence-electron chi connectivity index (χ0n) is 9.44. The Kier molecular flexibility index (Phi) is 3.99. The van der Waals surface area contributed by atoms with E-state index in [-0.39, 0.29) is 0 Å². The second kappa shape index (κ2) is 4.83. The molecule has 18 heavy (non-hydrogen) atoms. The maximum absolute atomic E-state index is 12.7. The van der Waals surface area contributed by atoms with Crippen molar-refractivity contribution in [3.63, 3.8) is 0 Å². The lowest BCUT2D eigenvalue weighted by atomic mass is 10.2. The summed E-state index contributed by atoms with van der Waals surface area (Å²) in [5.74, 6) is -7.72. The highest BCUT2D eigenvalue weighted by Gasteiger charge is 2.63. The number of halogens is 5. The van der Waals surface area contributed by atoms with Gasteiger partial charge in [-0.25, -0.2) is 0 Å². The number of nitrogens with one attached hydrogen (secondary N) is 1. The van der Waals surface area contributed by atoms with E-state index in [2.05, 4.69) is 0 Å². The average molecular weight is 287 g/mol. The zero-order valence-corrected chi connectivity index (χ0v) is 10.3. The standard InChI is InChI=1S/C10H10F5NOS/c1-5-3-4-7(18-5)6(2)16-8(17)9(11,12)10(13,14)15/h3-4,6H,1-2H3,(H,16,17). The molecule has 0 fully saturated rings. The SMILES string of the molecule is Cc1ccc(C(C)NC(=O)C(F)(F)C(F)(F)F)s1. The van der Waals surface area contributed by atoms with Crippen molar-refractivity contribution >= 4 is 17.2 Å². The molecule has 0 aliphatic carbocycles. The lowest BCUT2D eigenvalue weighted by Crippen LogP contribution is -2.50. The maximum Gasteiger partial charge on any atom is 0.463 e. The van der Waals surface area contributed by atoms with Gasteiger partial charge in [-0.3, -0.25) is 4.79 Å². The summed E-state index contributed by atoms with van der Waals surface area (Å²) >= 11 is 1.22. The van der Waals surface area contributed by atoms with Crippen LogP contribution in [-0.2, 0) is 4.79 Å². The van der Waals surface area contributed by atoms with Crippen LogP contribution in [0.15, 0.2) is 12.1 Å². The largest absolute Gasteiger partial charge is 0.463 e. The van der Waals surface area contributed by atoms with Gasteiger partial charge in [0.05, 0.1) is 6.04 Å². The summed E-state index contributed by atoms with van der Waals surface area (Å²) in [4.78, 5) is 12.3. The quantitative estimate of drug-likeness (QED) is 0.848. The second-order valence-electron chi connectivity index (χ2n) is 3.72. The first-order chi connectivity index (χ1) is 8.05. The van der Waals surface area contributed by atoms with E-state index in [1.165, 1.54) is 18.3 Å². The smallest absolute Gasteiger partial charge is 0.343 e. The van der Waals surface area contributed by atoms with E-state index in [0.717, 1.165) is 4.88 Å². The Morgan fingerprint density at radius 3 is 2.22 bits per heavy atom. The highest BCUT2D eigenvalue weighted by Crippen LogP contribution is 2.36. The summed E-state index contributed by atoms with van der Waals surface area (Å²) in [6, 6.07) is 2.35. The first kappa shape index (κ1) is 14.9. The summed E-state index contributed by atoms with van der Waals surface area (Å²) in [7, 11) is 0. The van der Waals surface area contributed by atoms with Gasteiger partial charge in [-0.2, -0.15) is 22.0 Å². The normalized spacial score (nSPS) is 14.4. The Morgan fingerprint density at radius 1 is 1.28 bits per heavy atom. The van der Waals surface area contributed by atoms with E-state index in [1.807, 2.05) is 0 Å². The summed E-state index contributed by atoms with van der Waals surface area (Å²) < 4.78 is 61.1. The minimum absolute atomic E-state index is 0.513. The molecule has 1 unspecified atom stereocenters. The lowest BCUT2D eigenvalue weighted by Gasteiger charge is -2.21. The molecule has 1 atom stereocenters. The first-order valence-electron chi connectivity index (χ1n) is 4.87. The predicted molar refractivity (Wildman–Crippen MR) is 56.6 cm³/mol. The van der Waals surface area contributed by atoms with Gasteiger partial charge in [0.2, 0.25) is 0 Å². The van der Waals surface area contributed by atoms with E-state index in [0.29, 0.717) is 4.88 Å². The minimum Gasteiger partial charge on any atom is -0.343 e. The number of carbonyl (C=O) groups excluding carboxylic acids is 1. The maximum atomic E-state index is 12.7. The third-order valence-corrected chi connectivity index (χ3v) is 3.36. The molecule has 2 nitrogen and oxygen atoms in total. The number of amides is 1. The van der Waals surface area contributed by atoms with Crippen molar-refractivity contribution in [3.05, 3.63) is 21.9 Å². The van der Waals surface area contributed by atoms with E-state index in [9.17, 15) is 26.7 Å². The van der Waals surface area contributed by atoms with Gasteiger partial charge in [0, 0.05) is 9.75 Å². The highest BCUT2D eigenvalue weighted by molar-refractivity contribution is 7.12. The molecule has 102 valence electrons. The van der Waals surface area contributed by atoms with Crippen LogP contribution >= 0.6 is 11.3 Å². The molecule has 1 rings (SSSR count). The van der Waals surface area contributed by atoms with Gasteiger partial charge in [-0.15, -0.1) is 11.3 Å². The molecular weight excluding hydrogens is 277 g/mol. The number of hydrogen-bond acceptors (Lipinski definition) is 2. The van der Waals surface area contributed by atoms with Crippen LogP contribution < -0.4 is 5.32 Å². The van der Waals surface area contributed by atoms with Gasteiger partial charge in [-0.1, -0.05) is 0 Å². The van der Waals surface area contributed by atoms with Crippen molar-refractivity contribution in [2.45, 2.75) is 32.0 Å². The lowest BCUT2D eigenvalue weighted by molar-refractivity contribution is -0.270. The van der Waals surface area contributed by atoms with Crippen molar-refractivity contribution < 1.29 is 26.7 Å². The Labute approximate surface area is 104 Å². The van der Waals surface area contributed by atoms with E-state index in [1.54, 1.807) is 24.4 Å². The fourth-order valence-electron chi connectivity index (χ4n) is 1.17. The van der Waals surface area contributed by atoms with Crippen molar-refractivity contribution in [1.29, 1.82) is 0 Å². The fourth-order valence-corrected chi connectivity index (χ4v) is 2.05. The van der Waals surface area contributed by atoms with Gasteiger partial charge in [0.25, 0.3) is 0 Å². The molecule has 0 saturated heterocycles. The molecular formula is C10H10F5NOS. The number of hydrogen-bond donors (Lipinski definition) is 1. The minimum atomic E-state index is -5.89. The topological polar surface area (TPSA) is 29.1 Å². The molecule has 1 aromatic rings. The van der Waals surface area contributed by atoms with Gasteiger partial charge < -0.3 is 5.32 Å². The molecule has 8 heteroatoms. The number of rotatable bonds is 3. The monoisotopic (exact) mass is 287 g/mol. The van der Waals surface area contributed by atoms with Crippen LogP contribution in [0.4, 0.5) is 22.0 Å². The Morgan fingerprint density at radius 2 is 1.83 bits per heavy atom. The summed E-state index contributed by atoms with van der Waals surface area (Å²) in [6.07, 6.45) is -5.89. The molecule has 1 amide bonds. The molecule has 1 heterocycles. The highest BCUT2D eigenvalue weighted by atomic mass is 32.1. The van der Waals surface area contributed by atoms with E-state index in [4.69, 9.17) is 0 Å². The van der Waals surface area contributed by atoms with Crippen LogP contribution in [-0.4, -0.2) is 18.0 Å². The molecule has 0 aliphatic rings. The van der Waals surface area contributed by atoms with Crippen molar-refractivity contribution in [2.24, 2.45) is 0 Å². The molecule has 0 aromatic carbocycles. The molecule has 1 N–H and O–H groups in total. The molecule has 0 radical (unpaired) electrons. The first-order valence-corrected chi connectivity index (χ1v) is 5.69. The number of alkyl halides is 5. The van der Waals surface area contributed by atoms with E-state index >= 15 is 0 Å². The molecule has 0 spiro atoms. The Bertz CT molecular complexity index is 440. The van der Waals surface area contributed by atoms with Gasteiger partial charge in [0.15, 0.2) is 0 Å². The van der Waals surface area contributed by atoms with Crippen molar-refractivity contribution in [3.8, 4) is 0 Å². The Balaban J connectivity index is 2.77. The van der Waals surface area contributed by atoms with Crippen LogP contribution in [0.2, 0.25) is 0 Å².